The Hall–Kier alpha value is -1.63. The molecule has 1 saturated heterocycles. The number of carbonyl (C=O) groups is 1. The minimum absolute atomic E-state index is 0.0305. The summed E-state index contributed by atoms with van der Waals surface area (Å²) < 4.78 is 23.0. The van der Waals surface area contributed by atoms with Crippen LogP contribution in [0, 0.1) is 0 Å². The fourth-order valence-electron chi connectivity index (χ4n) is 2.11. The summed E-state index contributed by atoms with van der Waals surface area (Å²) in [6.07, 6.45) is 2.85. The molecule has 104 valence electrons. The summed E-state index contributed by atoms with van der Waals surface area (Å²) in [5, 5.41) is 5.62. The molecule has 0 aromatic carbocycles. The molecule has 2 heterocycles. The lowest BCUT2D eigenvalue weighted by Crippen LogP contribution is -2.43. The summed E-state index contributed by atoms with van der Waals surface area (Å²) in [5.41, 5.74) is 0.474. The van der Waals surface area contributed by atoms with Crippen LogP contribution in [0.2, 0.25) is 0 Å². The van der Waals surface area contributed by atoms with Gasteiger partial charge in [0.25, 0.3) is 5.91 Å². The van der Waals surface area contributed by atoms with E-state index in [0.717, 1.165) is 0 Å². The second kappa shape index (κ2) is 5.56. The lowest BCUT2D eigenvalue weighted by atomic mass is 10.1. The third-order valence-electron chi connectivity index (χ3n) is 3.08. The summed E-state index contributed by atoms with van der Waals surface area (Å²) in [6, 6.07) is 2.94. The van der Waals surface area contributed by atoms with Crippen LogP contribution >= 0.6 is 0 Å². The fraction of sp³-hybridized carbons (Fsp3) is 0.500. The largest absolute Gasteiger partial charge is 0.373 e. The zero-order chi connectivity index (χ0) is 13.9. The van der Waals surface area contributed by atoms with Crippen molar-refractivity contribution in [1.82, 2.24) is 10.3 Å². The molecule has 0 saturated carbocycles. The lowest BCUT2D eigenvalue weighted by Gasteiger charge is -2.23. The Morgan fingerprint density at radius 2 is 2.26 bits per heavy atom. The van der Waals surface area contributed by atoms with Crippen molar-refractivity contribution in [1.29, 1.82) is 0 Å². The van der Waals surface area contributed by atoms with Crippen molar-refractivity contribution >= 4 is 21.6 Å². The van der Waals surface area contributed by atoms with Gasteiger partial charge in [-0.15, -0.1) is 0 Å². The molecule has 2 N–H and O–H groups in total. The topological polar surface area (TPSA) is 88.2 Å². The molecule has 1 aromatic heterocycles. The van der Waals surface area contributed by atoms with Crippen LogP contribution < -0.4 is 10.6 Å². The first-order chi connectivity index (χ1) is 9.00. The molecular weight excluding hydrogens is 266 g/mol. The summed E-state index contributed by atoms with van der Waals surface area (Å²) in [4.78, 5) is 16.1. The van der Waals surface area contributed by atoms with E-state index in [-0.39, 0.29) is 23.5 Å². The molecule has 1 fully saturated rings. The van der Waals surface area contributed by atoms with Crippen molar-refractivity contribution in [2.75, 3.05) is 23.9 Å². The first kappa shape index (κ1) is 13.8. The molecule has 1 atom stereocenters. The van der Waals surface area contributed by atoms with Crippen molar-refractivity contribution in [3.63, 3.8) is 0 Å². The second-order valence-electron chi connectivity index (χ2n) is 4.61. The summed E-state index contributed by atoms with van der Waals surface area (Å²) in [5.74, 6) is 0.589. The van der Waals surface area contributed by atoms with Gasteiger partial charge in [0.15, 0.2) is 9.84 Å². The van der Waals surface area contributed by atoms with Gasteiger partial charge in [0.2, 0.25) is 0 Å². The molecule has 2 rings (SSSR count). The Morgan fingerprint density at radius 3 is 2.95 bits per heavy atom. The minimum atomic E-state index is -3.01. The van der Waals surface area contributed by atoms with Crippen LogP contribution in [0.4, 0.5) is 5.82 Å². The maximum Gasteiger partial charge on any atom is 0.251 e. The molecule has 1 amide bonds. The summed E-state index contributed by atoms with van der Waals surface area (Å²) >= 11 is 0. The van der Waals surface area contributed by atoms with Crippen LogP contribution in [0.25, 0.3) is 0 Å². The monoisotopic (exact) mass is 283 g/mol. The predicted molar refractivity (Wildman–Crippen MR) is 72.9 cm³/mol. The predicted octanol–water partition coefficient (Wildman–Crippen LogP) is 0.430. The third kappa shape index (κ3) is 3.66. The highest BCUT2D eigenvalue weighted by Gasteiger charge is 2.26. The Kier molecular flexibility index (Phi) is 4.04. The zero-order valence-electron chi connectivity index (χ0n) is 10.7. The van der Waals surface area contributed by atoms with Crippen LogP contribution in [-0.4, -0.2) is 43.9 Å². The average Bonchev–Trinajstić information content (AvgIpc) is 2.37. The number of amides is 1. The Bertz CT molecular complexity index is 571. The maximum absolute atomic E-state index is 12.0. The van der Waals surface area contributed by atoms with Gasteiger partial charge in [-0.1, -0.05) is 0 Å². The molecule has 0 radical (unpaired) electrons. The average molecular weight is 283 g/mol. The van der Waals surface area contributed by atoms with Crippen LogP contribution in [0.15, 0.2) is 18.3 Å². The van der Waals surface area contributed by atoms with E-state index in [9.17, 15) is 13.2 Å². The molecule has 1 aromatic rings. The SMILES string of the molecule is CNc1cc(C(=O)NC2CCCS(=O)(=O)C2)ccn1. The Morgan fingerprint density at radius 1 is 1.47 bits per heavy atom. The van der Waals surface area contributed by atoms with Gasteiger partial charge in [0, 0.05) is 24.8 Å². The molecule has 0 spiro atoms. The lowest BCUT2D eigenvalue weighted by molar-refractivity contribution is 0.0938. The number of nitrogens with one attached hydrogen (secondary N) is 2. The van der Waals surface area contributed by atoms with Gasteiger partial charge in [-0.3, -0.25) is 4.79 Å². The quantitative estimate of drug-likeness (QED) is 0.840. The normalized spacial score (nSPS) is 21.6. The number of aromatic nitrogens is 1. The van der Waals surface area contributed by atoms with E-state index in [1.54, 1.807) is 25.4 Å². The van der Waals surface area contributed by atoms with Gasteiger partial charge in [0.1, 0.15) is 5.82 Å². The first-order valence-electron chi connectivity index (χ1n) is 6.15. The van der Waals surface area contributed by atoms with Gasteiger partial charge < -0.3 is 10.6 Å². The van der Waals surface area contributed by atoms with E-state index in [1.165, 1.54) is 0 Å². The van der Waals surface area contributed by atoms with Crippen molar-refractivity contribution in [2.24, 2.45) is 0 Å². The van der Waals surface area contributed by atoms with E-state index in [2.05, 4.69) is 15.6 Å². The zero-order valence-corrected chi connectivity index (χ0v) is 11.5. The van der Waals surface area contributed by atoms with Crippen LogP contribution in [0.5, 0.6) is 0 Å². The number of hydrogen-bond acceptors (Lipinski definition) is 5. The maximum atomic E-state index is 12.0. The van der Waals surface area contributed by atoms with Gasteiger partial charge in [0.05, 0.1) is 11.5 Å². The van der Waals surface area contributed by atoms with E-state index < -0.39 is 9.84 Å². The van der Waals surface area contributed by atoms with Crippen LogP contribution in [-0.2, 0) is 9.84 Å². The Labute approximate surface area is 112 Å². The van der Waals surface area contributed by atoms with Gasteiger partial charge >= 0.3 is 0 Å². The molecule has 1 unspecified atom stereocenters. The smallest absolute Gasteiger partial charge is 0.251 e. The van der Waals surface area contributed by atoms with Crippen molar-refractivity contribution < 1.29 is 13.2 Å². The number of rotatable bonds is 3. The molecule has 0 bridgehead atoms. The molecule has 7 heteroatoms. The fourth-order valence-corrected chi connectivity index (χ4v) is 3.75. The third-order valence-corrected chi connectivity index (χ3v) is 4.90. The highest BCUT2D eigenvalue weighted by atomic mass is 32.2. The molecule has 1 aliphatic heterocycles. The van der Waals surface area contributed by atoms with Crippen molar-refractivity contribution in [3.05, 3.63) is 23.9 Å². The number of carbonyl (C=O) groups excluding carboxylic acids is 1. The van der Waals surface area contributed by atoms with E-state index in [0.29, 0.717) is 24.2 Å². The molecule has 1 aliphatic rings. The standard InChI is InChI=1S/C12H17N3O3S/c1-13-11-7-9(4-5-14-11)12(16)15-10-3-2-6-19(17,18)8-10/h4-5,7,10H,2-3,6,8H2,1H3,(H,13,14)(H,15,16). The van der Waals surface area contributed by atoms with Crippen LogP contribution in [0.3, 0.4) is 0 Å². The number of sulfone groups is 1. The minimum Gasteiger partial charge on any atom is -0.373 e. The highest BCUT2D eigenvalue weighted by molar-refractivity contribution is 7.91. The molecule has 6 nitrogen and oxygen atoms in total. The summed E-state index contributed by atoms with van der Waals surface area (Å²) in [6.45, 7) is 0. The van der Waals surface area contributed by atoms with Crippen molar-refractivity contribution in [3.8, 4) is 0 Å². The van der Waals surface area contributed by atoms with Crippen molar-refractivity contribution in [2.45, 2.75) is 18.9 Å². The van der Waals surface area contributed by atoms with Gasteiger partial charge in [-0.2, -0.15) is 0 Å². The number of hydrogen-bond donors (Lipinski definition) is 2. The first-order valence-corrected chi connectivity index (χ1v) is 7.97. The highest BCUT2D eigenvalue weighted by Crippen LogP contribution is 2.13. The molecular formula is C12H17N3O3S. The Balaban J connectivity index is 2.04. The molecule has 19 heavy (non-hydrogen) atoms. The van der Waals surface area contributed by atoms with Gasteiger partial charge in [-0.05, 0) is 25.0 Å². The van der Waals surface area contributed by atoms with Gasteiger partial charge in [-0.25, -0.2) is 13.4 Å². The number of pyridine rings is 1. The molecule has 0 aliphatic carbocycles. The number of anilines is 1. The number of nitrogens with zero attached hydrogens (tertiary/aromatic N) is 1. The van der Waals surface area contributed by atoms with E-state index in [1.807, 2.05) is 0 Å². The van der Waals surface area contributed by atoms with E-state index in [4.69, 9.17) is 0 Å². The van der Waals surface area contributed by atoms with Crippen LogP contribution in [0.1, 0.15) is 23.2 Å². The summed E-state index contributed by atoms with van der Waals surface area (Å²) in [7, 11) is -1.29. The van der Waals surface area contributed by atoms with E-state index >= 15 is 0 Å². The second-order valence-corrected chi connectivity index (χ2v) is 6.84.